The molecule has 0 aromatic heterocycles. The Labute approximate surface area is 117 Å². The second-order valence-electron chi connectivity index (χ2n) is 5.06. The summed E-state index contributed by atoms with van der Waals surface area (Å²) in [5.41, 5.74) is 2.43. The highest BCUT2D eigenvalue weighted by molar-refractivity contribution is 9.10. The average molecular weight is 313 g/mol. The van der Waals surface area contributed by atoms with E-state index in [0.29, 0.717) is 6.04 Å². The minimum Gasteiger partial charge on any atom is -0.394 e. The van der Waals surface area contributed by atoms with Gasteiger partial charge in [-0.3, -0.25) is 0 Å². The maximum absolute atomic E-state index is 9.57. The number of aliphatic hydroxyl groups is 1. The van der Waals surface area contributed by atoms with Gasteiger partial charge in [-0.05, 0) is 44.0 Å². The number of aryl methyl sites for hydroxylation is 1. The van der Waals surface area contributed by atoms with E-state index in [1.807, 2.05) is 0 Å². The van der Waals surface area contributed by atoms with Crippen molar-refractivity contribution in [2.24, 2.45) is 0 Å². The first-order chi connectivity index (χ1) is 8.61. The van der Waals surface area contributed by atoms with Gasteiger partial charge in [-0.25, -0.2) is 0 Å². The van der Waals surface area contributed by atoms with Crippen LogP contribution in [0.4, 0.5) is 5.69 Å². The lowest BCUT2D eigenvalue weighted by Gasteiger charge is -2.30. The third kappa shape index (κ3) is 3.05. The van der Waals surface area contributed by atoms with Gasteiger partial charge in [-0.1, -0.05) is 15.9 Å². The number of hydrogen-bond acceptors (Lipinski definition) is 3. The number of anilines is 1. The Kier molecular flexibility index (Phi) is 4.65. The summed E-state index contributed by atoms with van der Waals surface area (Å²) in [4.78, 5) is 2.32. The second-order valence-corrected chi connectivity index (χ2v) is 5.92. The van der Waals surface area contributed by atoms with Crippen molar-refractivity contribution in [3.63, 3.8) is 0 Å². The Balaban J connectivity index is 2.24. The van der Waals surface area contributed by atoms with Crippen LogP contribution < -0.4 is 10.2 Å². The third-order valence-corrected chi connectivity index (χ3v) is 4.52. The van der Waals surface area contributed by atoms with E-state index in [4.69, 9.17) is 0 Å². The molecule has 1 aromatic carbocycles. The largest absolute Gasteiger partial charge is 0.394 e. The van der Waals surface area contributed by atoms with E-state index in [2.05, 4.69) is 58.2 Å². The van der Waals surface area contributed by atoms with Crippen LogP contribution >= 0.6 is 15.9 Å². The molecule has 0 saturated carbocycles. The van der Waals surface area contributed by atoms with Crippen LogP contribution in [0.3, 0.4) is 0 Å². The number of aliphatic hydroxyl groups excluding tert-OH is 1. The van der Waals surface area contributed by atoms with Crippen LogP contribution in [0.15, 0.2) is 22.7 Å². The summed E-state index contributed by atoms with van der Waals surface area (Å²) in [5.74, 6) is 0. The molecule has 1 saturated heterocycles. The highest BCUT2D eigenvalue weighted by Crippen LogP contribution is 2.25. The van der Waals surface area contributed by atoms with Crippen molar-refractivity contribution in [1.29, 1.82) is 0 Å². The van der Waals surface area contributed by atoms with E-state index >= 15 is 0 Å². The van der Waals surface area contributed by atoms with E-state index in [1.165, 1.54) is 11.3 Å². The maximum Gasteiger partial charge on any atom is 0.0647 e. The van der Waals surface area contributed by atoms with Gasteiger partial charge >= 0.3 is 0 Å². The van der Waals surface area contributed by atoms with Gasteiger partial charge in [-0.2, -0.15) is 0 Å². The van der Waals surface area contributed by atoms with Gasteiger partial charge in [0.25, 0.3) is 0 Å². The van der Waals surface area contributed by atoms with Gasteiger partial charge in [0.05, 0.1) is 12.6 Å². The van der Waals surface area contributed by atoms with Crippen molar-refractivity contribution < 1.29 is 5.11 Å². The lowest BCUT2D eigenvalue weighted by atomic mass is 10.1. The molecule has 0 bridgehead atoms. The molecule has 2 rings (SSSR count). The highest BCUT2D eigenvalue weighted by atomic mass is 79.9. The second kappa shape index (κ2) is 6.04. The first-order valence-corrected chi connectivity index (χ1v) is 7.28. The topological polar surface area (TPSA) is 35.5 Å². The normalized spacial score (nSPS) is 25.0. The molecule has 2 atom stereocenters. The predicted octanol–water partition coefficient (Wildman–Crippen LogP) is 2.31. The minimum absolute atomic E-state index is 0.163. The van der Waals surface area contributed by atoms with Crippen molar-refractivity contribution in [1.82, 2.24) is 5.32 Å². The van der Waals surface area contributed by atoms with Crippen LogP contribution in [0.25, 0.3) is 0 Å². The summed E-state index contributed by atoms with van der Waals surface area (Å²) in [6.45, 7) is 6.31. The zero-order valence-electron chi connectivity index (χ0n) is 11.0. The molecule has 1 heterocycles. The van der Waals surface area contributed by atoms with Gasteiger partial charge in [0.2, 0.25) is 0 Å². The van der Waals surface area contributed by atoms with Gasteiger partial charge in [0.1, 0.15) is 0 Å². The molecule has 2 unspecified atom stereocenters. The molecule has 1 aromatic rings. The van der Waals surface area contributed by atoms with Crippen molar-refractivity contribution in [3.05, 3.63) is 28.2 Å². The predicted molar refractivity (Wildman–Crippen MR) is 79.2 cm³/mol. The van der Waals surface area contributed by atoms with Crippen LogP contribution in [0.1, 0.15) is 18.9 Å². The van der Waals surface area contributed by atoms with Crippen molar-refractivity contribution in [2.45, 2.75) is 32.4 Å². The molecule has 0 aliphatic carbocycles. The number of nitrogens with one attached hydrogen (secondary N) is 1. The van der Waals surface area contributed by atoms with Crippen LogP contribution in [0.5, 0.6) is 0 Å². The molecule has 1 aliphatic rings. The van der Waals surface area contributed by atoms with Crippen molar-refractivity contribution >= 4 is 21.6 Å². The minimum atomic E-state index is 0.163. The van der Waals surface area contributed by atoms with E-state index in [-0.39, 0.29) is 12.6 Å². The number of halogens is 1. The van der Waals surface area contributed by atoms with Gasteiger partial charge in [0, 0.05) is 29.3 Å². The quantitative estimate of drug-likeness (QED) is 0.879. The van der Waals surface area contributed by atoms with Crippen LogP contribution in [-0.2, 0) is 0 Å². The number of benzene rings is 1. The summed E-state index contributed by atoms with van der Waals surface area (Å²) in [7, 11) is 0. The van der Waals surface area contributed by atoms with Gasteiger partial charge in [0.15, 0.2) is 0 Å². The molecule has 0 radical (unpaired) electrons. The molecular weight excluding hydrogens is 292 g/mol. The first-order valence-electron chi connectivity index (χ1n) is 6.49. The molecule has 4 heteroatoms. The zero-order valence-corrected chi connectivity index (χ0v) is 12.6. The molecule has 2 N–H and O–H groups in total. The number of nitrogens with zero attached hydrogens (tertiary/aromatic N) is 1. The van der Waals surface area contributed by atoms with E-state index < -0.39 is 0 Å². The van der Waals surface area contributed by atoms with Crippen LogP contribution in [-0.4, -0.2) is 36.9 Å². The fourth-order valence-corrected chi connectivity index (χ4v) is 2.62. The van der Waals surface area contributed by atoms with E-state index in [1.54, 1.807) is 0 Å². The number of rotatable bonds is 2. The molecule has 100 valence electrons. The lowest BCUT2D eigenvalue weighted by molar-refractivity contribution is 0.259. The Hall–Kier alpha value is -0.580. The smallest absolute Gasteiger partial charge is 0.0647 e. The summed E-state index contributed by atoms with van der Waals surface area (Å²) < 4.78 is 1.13. The zero-order chi connectivity index (χ0) is 13.1. The van der Waals surface area contributed by atoms with Crippen molar-refractivity contribution in [2.75, 3.05) is 24.6 Å². The first kappa shape index (κ1) is 13.8. The summed E-state index contributed by atoms with van der Waals surface area (Å²) in [6, 6.07) is 7.07. The Bertz CT molecular complexity index is 411. The third-order valence-electron chi connectivity index (χ3n) is 3.63. The molecular formula is C14H21BrN2O. The van der Waals surface area contributed by atoms with Crippen LogP contribution in [0, 0.1) is 6.92 Å². The fraction of sp³-hybridized carbons (Fsp3) is 0.571. The molecule has 3 nitrogen and oxygen atoms in total. The molecule has 0 amide bonds. The number of hydrogen-bond donors (Lipinski definition) is 2. The van der Waals surface area contributed by atoms with E-state index in [9.17, 15) is 5.11 Å². The van der Waals surface area contributed by atoms with Crippen molar-refractivity contribution in [3.8, 4) is 0 Å². The molecule has 1 fully saturated rings. The lowest BCUT2D eigenvalue weighted by Crippen LogP contribution is -2.42. The molecule has 0 spiro atoms. The standard InChI is InChI=1S/C14H21BrN2O/c1-10-7-12(3-4-14(10)15)17-6-5-11(2)16-8-13(17)9-18/h3-4,7,11,13,16,18H,5-6,8-9H2,1-2H3. The highest BCUT2D eigenvalue weighted by Gasteiger charge is 2.23. The van der Waals surface area contributed by atoms with Gasteiger partial charge in [-0.15, -0.1) is 0 Å². The summed E-state index contributed by atoms with van der Waals surface area (Å²) in [5, 5.41) is 13.0. The fourth-order valence-electron chi connectivity index (χ4n) is 2.38. The Morgan fingerprint density at radius 1 is 1.50 bits per heavy atom. The summed E-state index contributed by atoms with van der Waals surface area (Å²) in [6.07, 6.45) is 1.10. The summed E-state index contributed by atoms with van der Waals surface area (Å²) >= 11 is 3.53. The Morgan fingerprint density at radius 2 is 2.28 bits per heavy atom. The SMILES string of the molecule is Cc1cc(N2CCC(C)NCC2CO)ccc1Br. The van der Waals surface area contributed by atoms with Gasteiger partial charge < -0.3 is 15.3 Å². The maximum atomic E-state index is 9.57. The molecule has 1 aliphatic heterocycles. The van der Waals surface area contributed by atoms with Crippen LogP contribution in [0.2, 0.25) is 0 Å². The average Bonchev–Trinajstić information content (AvgIpc) is 2.54. The molecule has 18 heavy (non-hydrogen) atoms. The Morgan fingerprint density at radius 3 is 2.94 bits per heavy atom. The van der Waals surface area contributed by atoms with E-state index in [0.717, 1.165) is 24.0 Å². The monoisotopic (exact) mass is 312 g/mol.